The summed E-state index contributed by atoms with van der Waals surface area (Å²) in [4.78, 5) is 2.37. The fourth-order valence-electron chi connectivity index (χ4n) is 9.35. The summed E-state index contributed by atoms with van der Waals surface area (Å²) < 4.78 is 48.1. The number of nitrogens with zero attached hydrogens (tertiary/aromatic N) is 1. The predicted molar refractivity (Wildman–Crippen MR) is 274 cm³/mol. The highest BCUT2D eigenvalue weighted by molar-refractivity contribution is 5.76. The number of hydrogen-bond donors (Lipinski definition) is 0. The first-order valence-corrected chi connectivity index (χ1v) is 23.2. The molecule has 4 heteroatoms. The molecule has 9 aromatic rings. The average molecular weight is 882 g/mol. The van der Waals surface area contributed by atoms with Crippen LogP contribution in [0.25, 0.3) is 66.8 Å². The van der Waals surface area contributed by atoms with Gasteiger partial charge in [-0.2, -0.15) is 13.2 Å². The minimum atomic E-state index is -4.65. The monoisotopic (exact) mass is 881 g/mol. The fourth-order valence-corrected chi connectivity index (χ4v) is 9.35. The van der Waals surface area contributed by atoms with Crippen LogP contribution < -0.4 is 0 Å². The van der Waals surface area contributed by atoms with Crippen LogP contribution in [-0.2, 0) is 11.8 Å². The first kappa shape index (κ1) is 44.9. The van der Waals surface area contributed by atoms with E-state index in [1.807, 2.05) is 36.4 Å². The van der Waals surface area contributed by atoms with Gasteiger partial charge in [0.15, 0.2) is 0 Å². The van der Waals surface area contributed by atoms with Crippen molar-refractivity contribution in [1.82, 2.24) is 4.90 Å². The smallest absolute Gasteiger partial charge is 0.306 e. The van der Waals surface area contributed by atoms with Crippen LogP contribution in [0, 0.1) is 6.92 Å². The van der Waals surface area contributed by atoms with Gasteiger partial charge in [-0.05, 0) is 122 Å². The van der Waals surface area contributed by atoms with Gasteiger partial charge in [0.2, 0.25) is 0 Å². The molecule has 0 fully saturated rings. The van der Waals surface area contributed by atoms with Gasteiger partial charge in [-0.25, -0.2) is 0 Å². The zero-order chi connectivity index (χ0) is 46.4. The van der Waals surface area contributed by atoms with Crippen LogP contribution in [0.3, 0.4) is 0 Å². The number of hydrogen-bond acceptors (Lipinski definition) is 1. The first-order valence-electron chi connectivity index (χ1n) is 23.2. The summed E-state index contributed by atoms with van der Waals surface area (Å²) in [7, 11) is 2.18. The maximum absolute atomic E-state index is 16.0. The highest BCUT2D eigenvalue weighted by Gasteiger charge is 2.58. The minimum Gasteiger partial charge on any atom is -0.306 e. The molecule has 0 aliphatic rings. The predicted octanol–water partition coefficient (Wildman–Crippen LogP) is 16.8. The molecule has 0 saturated carbocycles. The van der Waals surface area contributed by atoms with E-state index >= 15 is 13.2 Å². The quantitative estimate of drug-likeness (QED) is 0.0984. The van der Waals surface area contributed by atoms with E-state index in [-0.39, 0.29) is 16.7 Å². The number of halogens is 3. The molecule has 0 aliphatic heterocycles. The van der Waals surface area contributed by atoms with Crippen molar-refractivity contribution in [3.63, 3.8) is 0 Å². The van der Waals surface area contributed by atoms with Crippen molar-refractivity contribution >= 4 is 0 Å². The van der Waals surface area contributed by atoms with E-state index in [0.717, 1.165) is 76.0 Å². The number of likely N-dealkylation sites (N-methyl/N-ethyl adjacent to an activating group) is 1. The zero-order valence-corrected chi connectivity index (χ0v) is 38.3. The second-order valence-corrected chi connectivity index (χ2v) is 17.7. The highest BCUT2D eigenvalue weighted by Crippen LogP contribution is 2.51. The van der Waals surface area contributed by atoms with Crippen molar-refractivity contribution in [1.29, 1.82) is 0 Å². The normalized spacial score (nSPS) is 12.5. The Morgan fingerprint density at radius 1 is 0.343 bits per heavy atom. The molecule has 0 spiro atoms. The summed E-state index contributed by atoms with van der Waals surface area (Å²) in [6.07, 6.45) is -2.45. The molecule has 1 atom stereocenters. The van der Waals surface area contributed by atoms with Crippen LogP contribution in [0.4, 0.5) is 13.2 Å². The molecule has 332 valence electrons. The Balaban J connectivity index is 0.928. The fraction of sp³-hybridized carbons (Fsp3) is 0.143. The standard InChI is InChI=1S/C63H54F3N/c1-4-43-67(3)44-42-46-12-16-48(17-13-46)50-20-24-52(25-21-50)54-28-32-56(33-29-54)58-36-40-61(41-37-58)62(63(64,65)66,59-8-6-5-7-9-59)60-38-34-57(35-39-60)55-30-26-53(27-31-55)51-22-18-49(19-23-51)47-14-10-45(2)11-15-47/h5-41H,4,42-44H2,1-3H3. The SMILES string of the molecule is CCCN(C)CCc1ccc(-c2ccc(-c3ccc(-c4ccc(C(c5ccccc5)(c5ccc(-c6ccc(-c7ccc(-c8ccc(C)cc8)cc7)cc6)cc5)C(F)(F)F)cc4)cc3)cc2)cc1. The number of aryl methyl sites for hydroxylation is 1. The second kappa shape index (κ2) is 19.7. The van der Waals surface area contributed by atoms with E-state index in [4.69, 9.17) is 0 Å². The first-order chi connectivity index (χ1) is 32.6. The van der Waals surface area contributed by atoms with Gasteiger partial charge in [0.1, 0.15) is 5.41 Å². The number of alkyl halides is 3. The lowest BCUT2D eigenvalue weighted by molar-refractivity contribution is -0.166. The van der Waals surface area contributed by atoms with Gasteiger partial charge in [0.05, 0.1) is 0 Å². The summed E-state index contributed by atoms with van der Waals surface area (Å²) >= 11 is 0. The maximum Gasteiger partial charge on any atom is 0.406 e. The van der Waals surface area contributed by atoms with Gasteiger partial charge in [-0.3, -0.25) is 0 Å². The van der Waals surface area contributed by atoms with Crippen LogP contribution >= 0.6 is 0 Å². The summed E-state index contributed by atoms with van der Waals surface area (Å²) in [5.41, 5.74) is 13.2. The van der Waals surface area contributed by atoms with Gasteiger partial charge in [0.25, 0.3) is 0 Å². The lowest BCUT2D eigenvalue weighted by Gasteiger charge is -2.37. The van der Waals surface area contributed by atoms with E-state index in [0.29, 0.717) is 0 Å². The largest absolute Gasteiger partial charge is 0.406 e. The Labute approximate surface area is 393 Å². The van der Waals surface area contributed by atoms with Gasteiger partial charge in [0, 0.05) is 6.54 Å². The Morgan fingerprint density at radius 2 is 0.612 bits per heavy atom. The highest BCUT2D eigenvalue weighted by atomic mass is 19.4. The lowest BCUT2D eigenvalue weighted by Crippen LogP contribution is -2.44. The van der Waals surface area contributed by atoms with Crippen LogP contribution in [0.5, 0.6) is 0 Å². The third kappa shape index (κ3) is 9.68. The van der Waals surface area contributed by atoms with Crippen LogP contribution in [0.2, 0.25) is 0 Å². The molecule has 0 saturated heterocycles. The summed E-state index contributed by atoms with van der Waals surface area (Å²) in [5.74, 6) is 0. The van der Waals surface area contributed by atoms with Crippen LogP contribution in [0.1, 0.15) is 41.2 Å². The van der Waals surface area contributed by atoms with Gasteiger partial charge >= 0.3 is 6.18 Å². The molecule has 1 nitrogen and oxygen atoms in total. The van der Waals surface area contributed by atoms with Crippen LogP contribution in [-0.4, -0.2) is 31.2 Å². The molecule has 0 heterocycles. The Morgan fingerprint density at radius 3 is 0.910 bits per heavy atom. The average Bonchev–Trinajstić information content (AvgIpc) is 3.37. The molecule has 0 aromatic heterocycles. The van der Waals surface area contributed by atoms with E-state index in [2.05, 4.69) is 147 Å². The maximum atomic E-state index is 16.0. The molecule has 9 rings (SSSR count). The summed E-state index contributed by atoms with van der Waals surface area (Å²) in [6.45, 7) is 6.46. The number of rotatable bonds is 14. The molecule has 1 unspecified atom stereocenters. The van der Waals surface area contributed by atoms with Gasteiger partial charge < -0.3 is 4.90 Å². The lowest BCUT2D eigenvalue weighted by atomic mass is 9.68. The van der Waals surface area contributed by atoms with Crippen molar-refractivity contribution in [3.05, 3.63) is 252 Å². The van der Waals surface area contributed by atoms with Crippen LogP contribution in [0.15, 0.2) is 224 Å². The third-order valence-corrected chi connectivity index (χ3v) is 13.2. The minimum absolute atomic E-state index is 0.159. The third-order valence-electron chi connectivity index (χ3n) is 13.2. The molecule has 9 aromatic carbocycles. The molecule has 0 bridgehead atoms. The van der Waals surface area contributed by atoms with Gasteiger partial charge in [-0.1, -0.05) is 237 Å². The van der Waals surface area contributed by atoms with Crippen molar-refractivity contribution in [2.45, 2.75) is 38.3 Å². The zero-order valence-electron chi connectivity index (χ0n) is 38.3. The molecular weight excluding hydrogens is 828 g/mol. The molecule has 0 N–H and O–H groups in total. The summed E-state index contributed by atoms with van der Waals surface area (Å²) in [5, 5.41) is 0. The van der Waals surface area contributed by atoms with E-state index in [9.17, 15) is 0 Å². The Bertz CT molecular complexity index is 2990. The van der Waals surface area contributed by atoms with Crippen molar-refractivity contribution < 1.29 is 13.2 Å². The number of benzene rings is 9. The van der Waals surface area contributed by atoms with Crippen molar-refractivity contribution in [2.75, 3.05) is 20.1 Å². The molecule has 0 radical (unpaired) electrons. The molecular formula is C63H54F3N. The molecule has 67 heavy (non-hydrogen) atoms. The topological polar surface area (TPSA) is 3.24 Å². The van der Waals surface area contributed by atoms with Crippen molar-refractivity contribution in [2.24, 2.45) is 0 Å². The Hall–Kier alpha value is -7.27. The second-order valence-electron chi connectivity index (χ2n) is 17.7. The van der Waals surface area contributed by atoms with Gasteiger partial charge in [-0.15, -0.1) is 0 Å². The Kier molecular flexibility index (Phi) is 13.2. The van der Waals surface area contributed by atoms with E-state index in [1.165, 1.54) is 27.8 Å². The van der Waals surface area contributed by atoms with E-state index in [1.54, 1.807) is 66.7 Å². The summed E-state index contributed by atoms with van der Waals surface area (Å²) in [6, 6.07) is 72.9. The molecule has 0 aliphatic carbocycles. The molecule has 0 amide bonds. The van der Waals surface area contributed by atoms with E-state index < -0.39 is 11.6 Å². The van der Waals surface area contributed by atoms with Crippen molar-refractivity contribution in [3.8, 4) is 66.8 Å².